The Morgan fingerprint density at radius 2 is 1.40 bits per heavy atom. The van der Waals surface area contributed by atoms with Crippen molar-refractivity contribution in [2.24, 2.45) is 5.92 Å². The average molecular weight is 286 g/mol. The number of quaternary nitrogens is 1. The number of hydrogen-bond acceptors (Lipinski definition) is 1. The maximum atomic E-state index is 2.71. The highest BCUT2D eigenvalue weighted by Crippen LogP contribution is 2.08. The van der Waals surface area contributed by atoms with Crippen LogP contribution in [0.4, 0.5) is 0 Å². The van der Waals surface area contributed by atoms with E-state index < -0.39 is 0 Å². The molecular weight excluding hydrogens is 244 g/mol. The molecule has 20 heavy (non-hydrogen) atoms. The van der Waals surface area contributed by atoms with Crippen molar-refractivity contribution < 1.29 is 4.48 Å². The van der Waals surface area contributed by atoms with Crippen LogP contribution < -0.4 is 0 Å². The van der Waals surface area contributed by atoms with E-state index in [1.54, 1.807) is 0 Å². The fourth-order valence-corrected chi connectivity index (χ4v) is 2.54. The van der Waals surface area contributed by atoms with Gasteiger partial charge in [0, 0.05) is 0 Å². The van der Waals surface area contributed by atoms with Crippen molar-refractivity contribution in [1.82, 2.24) is 4.90 Å². The van der Waals surface area contributed by atoms with Gasteiger partial charge in [-0.1, -0.05) is 27.2 Å². The van der Waals surface area contributed by atoms with Crippen molar-refractivity contribution in [3.63, 3.8) is 0 Å². The summed E-state index contributed by atoms with van der Waals surface area (Å²) in [5.41, 5.74) is 0. The first kappa shape index (κ1) is 19.9. The SMILES string of the molecule is CCCCN(CCCCC[N+](C)(C)C)CCCC(C)C. The molecule has 0 aromatic rings. The number of nitrogens with zero attached hydrogens (tertiary/aromatic N) is 2. The first-order valence-electron chi connectivity index (χ1n) is 8.88. The first-order valence-corrected chi connectivity index (χ1v) is 8.88. The Hall–Kier alpha value is -0.0800. The van der Waals surface area contributed by atoms with E-state index in [9.17, 15) is 0 Å². The molecule has 0 spiro atoms. The van der Waals surface area contributed by atoms with Crippen molar-refractivity contribution in [3.8, 4) is 0 Å². The molecule has 0 amide bonds. The van der Waals surface area contributed by atoms with Gasteiger partial charge in [0.2, 0.25) is 0 Å². The zero-order valence-electron chi connectivity index (χ0n) is 15.2. The van der Waals surface area contributed by atoms with Crippen LogP contribution in [0.2, 0.25) is 0 Å². The fraction of sp³-hybridized carbons (Fsp3) is 1.00. The third-order valence-corrected chi connectivity index (χ3v) is 3.89. The van der Waals surface area contributed by atoms with E-state index in [1.807, 2.05) is 0 Å². The smallest absolute Gasteiger partial charge is 0.0780 e. The van der Waals surface area contributed by atoms with Gasteiger partial charge in [-0.25, -0.2) is 0 Å². The lowest BCUT2D eigenvalue weighted by Gasteiger charge is -2.25. The van der Waals surface area contributed by atoms with Crippen molar-refractivity contribution in [2.75, 3.05) is 47.3 Å². The summed E-state index contributed by atoms with van der Waals surface area (Å²) in [6.07, 6.45) is 9.58. The molecule has 0 fully saturated rings. The number of hydrogen-bond donors (Lipinski definition) is 0. The van der Waals surface area contributed by atoms with Gasteiger partial charge >= 0.3 is 0 Å². The quantitative estimate of drug-likeness (QED) is 0.358. The molecule has 0 aromatic heterocycles. The van der Waals surface area contributed by atoms with Gasteiger partial charge in [-0.15, -0.1) is 0 Å². The lowest BCUT2D eigenvalue weighted by atomic mass is 10.1. The summed E-state index contributed by atoms with van der Waals surface area (Å²) in [7, 11) is 6.87. The molecule has 0 bridgehead atoms. The van der Waals surface area contributed by atoms with E-state index in [-0.39, 0.29) is 0 Å². The van der Waals surface area contributed by atoms with Crippen LogP contribution in [0.15, 0.2) is 0 Å². The molecule has 0 rings (SSSR count). The van der Waals surface area contributed by atoms with Crippen molar-refractivity contribution in [2.45, 2.75) is 65.7 Å². The van der Waals surface area contributed by atoms with Crippen LogP contribution in [0.3, 0.4) is 0 Å². The minimum absolute atomic E-state index is 0.854. The Morgan fingerprint density at radius 1 is 0.800 bits per heavy atom. The molecule has 2 nitrogen and oxygen atoms in total. The summed E-state index contributed by atoms with van der Waals surface area (Å²) in [6, 6.07) is 0. The summed E-state index contributed by atoms with van der Waals surface area (Å²) in [5.74, 6) is 0.854. The van der Waals surface area contributed by atoms with E-state index in [0.717, 1.165) is 10.4 Å². The topological polar surface area (TPSA) is 3.24 Å². The molecule has 0 saturated carbocycles. The zero-order valence-corrected chi connectivity index (χ0v) is 15.2. The minimum atomic E-state index is 0.854. The molecule has 0 aliphatic carbocycles. The van der Waals surface area contributed by atoms with E-state index in [1.165, 1.54) is 71.1 Å². The largest absolute Gasteiger partial charge is 0.331 e. The molecule has 0 atom stereocenters. The summed E-state index contributed by atoms with van der Waals surface area (Å²) in [6.45, 7) is 12.2. The maximum absolute atomic E-state index is 2.71. The van der Waals surface area contributed by atoms with Crippen LogP contribution in [0, 0.1) is 5.92 Å². The summed E-state index contributed by atoms with van der Waals surface area (Å²) in [5, 5.41) is 0. The molecule has 0 aliphatic heterocycles. The lowest BCUT2D eigenvalue weighted by molar-refractivity contribution is -0.870. The molecule has 0 aliphatic rings. The zero-order chi connectivity index (χ0) is 15.4. The maximum Gasteiger partial charge on any atom is 0.0780 e. The Balaban J connectivity index is 3.74. The normalized spacial score (nSPS) is 12.6. The Kier molecular flexibility index (Phi) is 11.5. The van der Waals surface area contributed by atoms with Crippen LogP contribution in [-0.2, 0) is 0 Å². The summed E-state index contributed by atoms with van der Waals surface area (Å²) in [4.78, 5) is 2.71. The van der Waals surface area contributed by atoms with Gasteiger partial charge in [0.15, 0.2) is 0 Å². The lowest BCUT2D eigenvalue weighted by Crippen LogP contribution is -2.35. The van der Waals surface area contributed by atoms with Crippen molar-refractivity contribution in [3.05, 3.63) is 0 Å². The molecule has 0 heterocycles. The fourth-order valence-electron chi connectivity index (χ4n) is 2.54. The van der Waals surface area contributed by atoms with Crippen LogP contribution in [0.25, 0.3) is 0 Å². The van der Waals surface area contributed by atoms with E-state index in [2.05, 4.69) is 46.8 Å². The molecule has 122 valence electrons. The molecule has 0 saturated heterocycles. The van der Waals surface area contributed by atoms with Crippen LogP contribution in [-0.4, -0.2) is 56.7 Å². The van der Waals surface area contributed by atoms with Gasteiger partial charge in [0.1, 0.15) is 0 Å². The van der Waals surface area contributed by atoms with Gasteiger partial charge in [0.25, 0.3) is 0 Å². The first-order chi connectivity index (χ1) is 9.35. The van der Waals surface area contributed by atoms with Gasteiger partial charge in [-0.2, -0.15) is 0 Å². The highest BCUT2D eigenvalue weighted by Gasteiger charge is 2.07. The highest BCUT2D eigenvalue weighted by molar-refractivity contribution is 4.60. The van der Waals surface area contributed by atoms with Gasteiger partial charge < -0.3 is 9.38 Å². The Bertz CT molecular complexity index is 206. The van der Waals surface area contributed by atoms with Crippen LogP contribution >= 0.6 is 0 Å². The third kappa shape index (κ3) is 14.3. The second-order valence-electron chi connectivity index (χ2n) is 7.81. The predicted octanol–water partition coefficient (Wildman–Crippen LogP) is 4.40. The van der Waals surface area contributed by atoms with E-state index in [4.69, 9.17) is 0 Å². The van der Waals surface area contributed by atoms with Crippen LogP contribution in [0.5, 0.6) is 0 Å². The monoisotopic (exact) mass is 285 g/mol. The third-order valence-electron chi connectivity index (χ3n) is 3.89. The molecule has 0 aromatic carbocycles. The van der Waals surface area contributed by atoms with Gasteiger partial charge in [-0.3, -0.25) is 0 Å². The Labute approximate surface area is 129 Å². The molecular formula is C18H41N2+. The van der Waals surface area contributed by atoms with Crippen LogP contribution in [0.1, 0.15) is 65.7 Å². The van der Waals surface area contributed by atoms with Gasteiger partial charge in [0.05, 0.1) is 27.7 Å². The van der Waals surface area contributed by atoms with Gasteiger partial charge in [-0.05, 0) is 64.1 Å². The number of rotatable bonds is 13. The van der Waals surface area contributed by atoms with E-state index in [0.29, 0.717) is 0 Å². The summed E-state index contributed by atoms with van der Waals surface area (Å²) < 4.78 is 1.11. The molecule has 0 radical (unpaired) electrons. The predicted molar refractivity (Wildman–Crippen MR) is 92.2 cm³/mol. The summed E-state index contributed by atoms with van der Waals surface area (Å²) >= 11 is 0. The molecule has 0 N–H and O–H groups in total. The molecule has 0 unspecified atom stereocenters. The Morgan fingerprint density at radius 3 is 1.95 bits per heavy atom. The van der Waals surface area contributed by atoms with Crippen molar-refractivity contribution in [1.29, 1.82) is 0 Å². The average Bonchev–Trinajstić information content (AvgIpc) is 2.32. The highest BCUT2D eigenvalue weighted by atomic mass is 15.3. The minimum Gasteiger partial charge on any atom is -0.331 e. The van der Waals surface area contributed by atoms with Crippen molar-refractivity contribution >= 4 is 0 Å². The second kappa shape index (κ2) is 11.6. The standard InChI is InChI=1S/C18H41N2/c1-7-8-14-19(16-12-13-18(2)3)15-10-9-11-17-20(4,5)6/h18H,7-17H2,1-6H3/q+1. The number of unbranched alkanes of at least 4 members (excludes halogenated alkanes) is 3. The van der Waals surface area contributed by atoms with E-state index >= 15 is 0 Å². The molecule has 2 heteroatoms. The second-order valence-corrected chi connectivity index (χ2v) is 7.81.